The van der Waals surface area contributed by atoms with Gasteiger partial charge in [-0.2, -0.15) is 0 Å². The first-order valence-corrected chi connectivity index (χ1v) is 10.8. The first kappa shape index (κ1) is 23.0. The number of anilines is 1. The van der Waals surface area contributed by atoms with Crippen LogP contribution >= 0.6 is 0 Å². The number of hydrogen-bond donors (Lipinski definition) is 1. The van der Waals surface area contributed by atoms with Gasteiger partial charge in [0.15, 0.2) is 23.1 Å². The van der Waals surface area contributed by atoms with E-state index in [0.717, 1.165) is 17.5 Å². The Hall–Kier alpha value is -4.79. The van der Waals surface area contributed by atoms with Crippen molar-refractivity contribution >= 4 is 33.4 Å². The highest BCUT2D eigenvalue weighted by atomic mass is 19.2. The highest BCUT2D eigenvalue weighted by Crippen LogP contribution is 2.37. The van der Waals surface area contributed by atoms with Gasteiger partial charge in [0.25, 0.3) is 5.91 Å². The molecule has 5 aromatic rings. The summed E-state index contributed by atoms with van der Waals surface area (Å²) in [5, 5.41) is 3.93. The number of aromatic nitrogens is 2. The minimum atomic E-state index is -1.05. The average molecular weight is 487 g/mol. The Morgan fingerprint density at radius 2 is 1.61 bits per heavy atom. The zero-order valence-electron chi connectivity index (χ0n) is 19.2. The highest BCUT2D eigenvalue weighted by Gasteiger charge is 2.13. The average Bonchev–Trinajstić information content (AvgIpc) is 2.89. The van der Waals surface area contributed by atoms with Crippen LogP contribution in [0.5, 0.6) is 23.0 Å². The van der Waals surface area contributed by atoms with E-state index < -0.39 is 17.5 Å². The van der Waals surface area contributed by atoms with Crippen molar-refractivity contribution in [3.05, 3.63) is 90.3 Å². The van der Waals surface area contributed by atoms with Crippen LogP contribution in [0.3, 0.4) is 0 Å². The van der Waals surface area contributed by atoms with Crippen LogP contribution in [0.25, 0.3) is 21.8 Å². The lowest BCUT2D eigenvalue weighted by atomic mass is 10.1. The third-order valence-corrected chi connectivity index (χ3v) is 5.53. The van der Waals surface area contributed by atoms with E-state index in [4.69, 9.17) is 14.2 Å². The Labute approximate surface area is 204 Å². The molecule has 0 aliphatic heterocycles. The maximum Gasteiger partial charge on any atom is 0.257 e. The molecule has 5 rings (SSSR count). The molecule has 0 atom stereocenters. The summed E-state index contributed by atoms with van der Waals surface area (Å²) in [6, 6.07) is 15.4. The molecule has 0 bridgehead atoms. The fourth-order valence-electron chi connectivity index (χ4n) is 3.74. The van der Waals surface area contributed by atoms with Crippen LogP contribution in [0, 0.1) is 11.6 Å². The number of fused-ring (bicyclic) bond motifs is 2. The molecule has 0 unspecified atom stereocenters. The molecule has 1 N–H and O–H groups in total. The third-order valence-electron chi connectivity index (χ3n) is 5.53. The van der Waals surface area contributed by atoms with Crippen LogP contribution in [-0.4, -0.2) is 30.1 Å². The van der Waals surface area contributed by atoms with Crippen molar-refractivity contribution in [3.8, 4) is 23.0 Å². The maximum atomic E-state index is 13.5. The normalized spacial score (nSPS) is 10.9. The second-order valence-electron chi connectivity index (χ2n) is 7.80. The molecule has 0 saturated heterocycles. The number of carbonyl (C=O) groups is 1. The number of nitrogens with zero attached hydrogens (tertiary/aromatic N) is 2. The predicted molar refractivity (Wildman–Crippen MR) is 131 cm³/mol. The monoisotopic (exact) mass is 487 g/mol. The van der Waals surface area contributed by atoms with Crippen molar-refractivity contribution in [3.63, 3.8) is 0 Å². The van der Waals surface area contributed by atoms with Crippen molar-refractivity contribution in [2.24, 2.45) is 0 Å². The summed E-state index contributed by atoms with van der Waals surface area (Å²) in [4.78, 5) is 21.4. The second-order valence-corrected chi connectivity index (χ2v) is 7.80. The highest BCUT2D eigenvalue weighted by molar-refractivity contribution is 6.05. The number of rotatable bonds is 6. The molecule has 36 heavy (non-hydrogen) atoms. The van der Waals surface area contributed by atoms with Crippen LogP contribution in [0.15, 0.2) is 73.1 Å². The van der Waals surface area contributed by atoms with E-state index in [-0.39, 0.29) is 11.3 Å². The first-order chi connectivity index (χ1) is 17.4. The van der Waals surface area contributed by atoms with Crippen LogP contribution in [0.2, 0.25) is 0 Å². The summed E-state index contributed by atoms with van der Waals surface area (Å²) in [5.41, 5.74) is 1.70. The molecule has 0 fully saturated rings. The third kappa shape index (κ3) is 4.46. The number of ether oxygens (including phenoxy) is 3. The fraction of sp³-hybridized carbons (Fsp3) is 0.0741. The van der Waals surface area contributed by atoms with Crippen LogP contribution < -0.4 is 19.5 Å². The van der Waals surface area contributed by atoms with Gasteiger partial charge in [-0.05, 0) is 48.5 Å². The summed E-state index contributed by atoms with van der Waals surface area (Å²) in [6.45, 7) is 0. The van der Waals surface area contributed by atoms with Gasteiger partial charge in [-0.25, -0.2) is 8.78 Å². The van der Waals surface area contributed by atoms with Gasteiger partial charge in [-0.15, -0.1) is 0 Å². The molecule has 0 spiro atoms. The Morgan fingerprint density at radius 1 is 0.806 bits per heavy atom. The number of pyridine rings is 2. The van der Waals surface area contributed by atoms with E-state index in [1.54, 1.807) is 62.9 Å². The lowest BCUT2D eigenvalue weighted by molar-refractivity contribution is 0.102. The lowest BCUT2D eigenvalue weighted by Crippen LogP contribution is -2.12. The SMILES string of the molecule is COc1cc2nccc(Oc3ccc4ncc(C(=O)Nc5ccc(F)c(F)c5)cc4c3)c2cc1OC. The van der Waals surface area contributed by atoms with Gasteiger partial charge in [0.2, 0.25) is 0 Å². The van der Waals surface area contributed by atoms with Crippen molar-refractivity contribution in [1.82, 2.24) is 9.97 Å². The molecule has 7 nitrogen and oxygen atoms in total. The molecule has 0 radical (unpaired) electrons. The van der Waals surface area contributed by atoms with Gasteiger partial charge in [0.05, 0.1) is 30.8 Å². The van der Waals surface area contributed by atoms with Gasteiger partial charge in [0, 0.05) is 41.0 Å². The minimum Gasteiger partial charge on any atom is -0.493 e. The van der Waals surface area contributed by atoms with Crippen LogP contribution in [0.1, 0.15) is 10.4 Å². The molecule has 9 heteroatoms. The molecular formula is C27H19F2N3O4. The van der Waals surface area contributed by atoms with E-state index in [1.165, 1.54) is 12.3 Å². The molecule has 2 heterocycles. The van der Waals surface area contributed by atoms with Crippen molar-refractivity contribution in [2.75, 3.05) is 19.5 Å². The van der Waals surface area contributed by atoms with Crippen molar-refractivity contribution in [2.45, 2.75) is 0 Å². The molecule has 1 amide bonds. The second kappa shape index (κ2) is 9.46. The minimum absolute atomic E-state index is 0.132. The summed E-state index contributed by atoms with van der Waals surface area (Å²) in [5.74, 6) is -0.380. The molecule has 2 aromatic heterocycles. The quantitative estimate of drug-likeness (QED) is 0.311. The fourth-order valence-corrected chi connectivity index (χ4v) is 3.74. The summed E-state index contributed by atoms with van der Waals surface area (Å²) in [6.07, 6.45) is 3.04. The van der Waals surface area contributed by atoms with Gasteiger partial charge >= 0.3 is 0 Å². The number of nitrogens with one attached hydrogen (secondary N) is 1. The molecule has 0 saturated carbocycles. The van der Waals surface area contributed by atoms with Gasteiger partial charge in [-0.1, -0.05) is 0 Å². The van der Waals surface area contributed by atoms with Gasteiger partial charge in [0.1, 0.15) is 11.5 Å². The van der Waals surface area contributed by atoms with Crippen LogP contribution in [-0.2, 0) is 0 Å². The maximum absolute atomic E-state index is 13.5. The Kier molecular flexibility index (Phi) is 6.03. The Morgan fingerprint density at radius 3 is 2.39 bits per heavy atom. The number of methoxy groups -OCH3 is 2. The summed E-state index contributed by atoms with van der Waals surface area (Å²) < 4.78 is 43.5. The van der Waals surface area contributed by atoms with E-state index in [2.05, 4.69) is 15.3 Å². The number of hydrogen-bond acceptors (Lipinski definition) is 6. The topological polar surface area (TPSA) is 82.6 Å². The Bertz CT molecular complexity index is 1620. The number of carbonyl (C=O) groups excluding carboxylic acids is 1. The molecule has 0 aliphatic rings. The molecule has 180 valence electrons. The number of halogens is 2. The van der Waals surface area contributed by atoms with Gasteiger partial charge < -0.3 is 19.5 Å². The first-order valence-electron chi connectivity index (χ1n) is 10.8. The smallest absolute Gasteiger partial charge is 0.257 e. The largest absolute Gasteiger partial charge is 0.493 e. The number of amides is 1. The van der Waals surface area contributed by atoms with E-state index in [0.29, 0.717) is 39.4 Å². The lowest BCUT2D eigenvalue weighted by Gasteiger charge is -2.13. The van der Waals surface area contributed by atoms with Gasteiger partial charge in [-0.3, -0.25) is 14.8 Å². The summed E-state index contributed by atoms with van der Waals surface area (Å²) in [7, 11) is 3.11. The molecule has 3 aromatic carbocycles. The zero-order chi connectivity index (χ0) is 25.2. The van der Waals surface area contributed by atoms with E-state index >= 15 is 0 Å². The molecule has 0 aliphatic carbocycles. The van der Waals surface area contributed by atoms with E-state index in [9.17, 15) is 13.6 Å². The van der Waals surface area contributed by atoms with Crippen LogP contribution in [0.4, 0.5) is 14.5 Å². The van der Waals surface area contributed by atoms with Crippen molar-refractivity contribution < 1.29 is 27.8 Å². The zero-order valence-corrected chi connectivity index (χ0v) is 19.2. The van der Waals surface area contributed by atoms with E-state index in [1.807, 2.05) is 0 Å². The Balaban J connectivity index is 1.44. The predicted octanol–water partition coefficient (Wildman–Crippen LogP) is 6.12. The summed E-state index contributed by atoms with van der Waals surface area (Å²) >= 11 is 0. The number of benzene rings is 3. The van der Waals surface area contributed by atoms with Crippen molar-refractivity contribution in [1.29, 1.82) is 0 Å². The molecular weight excluding hydrogens is 468 g/mol. The standard InChI is InChI=1S/C27H19F2N3O4/c1-34-25-12-19-23(13-26(25)35-2)30-8-7-24(19)36-18-4-6-22-15(10-18)9-16(14-31-22)27(33)32-17-3-5-20(28)21(29)11-17/h3-14H,1-2H3,(H,32,33).